The second-order valence-corrected chi connectivity index (χ2v) is 4.98. The highest BCUT2D eigenvalue weighted by molar-refractivity contribution is 7.98. The maximum absolute atomic E-state index is 5.68. The van der Waals surface area contributed by atoms with Crippen LogP contribution in [0.2, 0.25) is 5.22 Å². The van der Waals surface area contributed by atoms with Gasteiger partial charge in [0.1, 0.15) is 5.76 Å². The number of thioether (sulfide) groups is 1. The molecule has 0 saturated carbocycles. The van der Waals surface area contributed by atoms with Crippen molar-refractivity contribution >= 4 is 23.4 Å². The lowest BCUT2D eigenvalue weighted by Gasteiger charge is -2.11. The molecule has 1 unspecified atom stereocenters. The molecule has 0 amide bonds. The molecule has 1 aromatic rings. The van der Waals surface area contributed by atoms with Gasteiger partial charge in [-0.3, -0.25) is 0 Å². The Kier molecular flexibility index (Phi) is 6.22. The summed E-state index contributed by atoms with van der Waals surface area (Å²) in [6.45, 7) is 5.48. The van der Waals surface area contributed by atoms with Crippen molar-refractivity contribution in [2.75, 3.05) is 12.3 Å². The minimum absolute atomic E-state index is 0.475. The van der Waals surface area contributed by atoms with Crippen molar-refractivity contribution in [2.24, 2.45) is 0 Å². The maximum atomic E-state index is 5.68. The second-order valence-electron chi connectivity index (χ2n) is 3.58. The Hall–Kier alpha value is -0.120. The zero-order chi connectivity index (χ0) is 11.1. The van der Waals surface area contributed by atoms with Crippen LogP contribution in [0.15, 0.2) is 16.5 Å². The van der Waals surface area contributed by atoms with E-state index < -0.39 is 0 Å². The van der Waals surface area contributed by atoms with E-state index in [1.807, 2.05) is 17.8 Å². The van der Waals surface area contributed by atoms with E-state index in [4.69, 9.17) is 16.0 Å². The standard InChI is InChI=1S/C11H18ClNOS/c1-3-6-13-9(2)7-15-8-10-4-5-11(12)14-10/h4-5,9,13H,3,6-8H2,1-2H3. The third-order valence-corrected chi connectivity index (χ3v) is 3.41. The van der Waals surface area contributed by atoms with E-state index in [0.717, 1.165) is 23.8 Å². The minimum Gasteiger partial charge on any atom is -0.449 e. The van der Waals surface area contributed by atoms with Crippen molar-refractivity contribution in [3.8, 4) is 0 Å². The molecule has 1 N–H and O–H groups in total. The van der Waals surface area contributed by atoms with Crippen LogP contribution in [0.4, 0.5) is 0 Å². The Labute approximate surface area is 101 Å². The average Bonchev–Trinajstić information content (AvgIpc) is 2.61. The molecule has 0 spiro atoms. The molecular weight excluding hydrogens is 230 g/mol. The lowest BCUT2D eigenvalue weighted by Crippen LogP contribution is -2.28. The van der Waals surface area contributed by atoms with Crippen molar-refractivity contribution < 1.29 is 4.42 Å². The van der Waals surface area contributed by atoms with Gasteiger partial charge in [-0.2, -0.15) is 11.8 Å². The van der Waals surface area contributed by atoms with Gasteiger partial charge in [0.25, 0.3) is 0 Å². The molecule has 4 heteroatoms. The third kappa shape index (κ3) is 5.50. The molecule has 1 aromatic heterocycles. The highest BCUT2D eigenvalue weighted by Gasteiger charge is 2.03. The first kappa shape index (κ1) is 12.9. The van der Waals surface area contributed by atoms with E-state index in [1.165, 1.54) is 6.42 Å². The molecule has 0 aliphatic carbocycles. The van der Waals surface area contributed by atoms with Gasteiger partial charge in [-0.15, -0.1) is 0 Å². The monoisotopic (exact) mass is 247 g/mol. The van der Waals surface area contributed by atoms with E-state index >= 15 is 0 Å². The number of nitrogens with one attached hydrogen (secondary N) is 1. The SMILES string of the molecule is CCCNC(C)CSCc1ccc(Cl)o1. The topological polar surface area (TPSA) is 25.2 Å². The summed E-state index contributed by atoms with van der Waals surface area (Å²) < 4.78 is 5.27. The normalized spacial score (nSPS) is 13.0. The maximum Gasteiger partial charge on any atom is 0.193 e. The second kappa shape index (κ2) is 7.20. The van der Waals surface area contributed by atoms with Crippen LogP contribution in [-0.4, -0.2) is 18.3 Å². The van der Waals surface area contributed by atoms with Crippen LogP contribution in [-0.2, 0) is 5.75 Å². The first-order valence-electron chi connectivity index (χ1n) is 5.27. The Morgan fingerprint density at radius 1 is 1.53 bits per heavy atom. The van der Waals surface area contributed by atoms with Crippen LogP contribution >= 0.6 is 23.4 Å². The number of furan rings is 1. The molecule has 0 aromatic carbocycles. The summed E-state index contributed by atoms with van der Waals surface area (Å²) in [4.78, 5) is 0. The summed E-state index contributed by atoms with van der Waals surface area (Å²) in [5.74, 6) is 2.94. The fourth-order valence-electron chi connectivity index (χ4n) is 1.22. The Bertz CT molecular complexity index is 277. The lowest BCUT2D eigenvalue weighted by molar-refractivity contribution is 0.532. The summed E-state index contributed by atoms with van der Waals surface area (Å²) in [5, 5.41) is 3.92. The number of halogens is 1. The van der Waals surface area contributed by atoms with Crippen LogP contribution in [0.5, 0.6) is 0 Å². The molecule has 1 rings (SSSR count). The van der Waals surface area contributed by atoms with E-state index in [-0.39, 0.29) is 0 Å². The number of rotatable bonds is 7. The Morgan fingerprint density at radius 3 is 2.93 bits per heavy atom. The van der Waals surface area contributed by atoms with Crippen LogP contribution in [0.25, 0.3) is 0 Å². The van der Waals surface area contributed by atoms with Crippen molar-refractivity contribution in [3.05, 3.63) is 23.1 Å². The van der Waals surface area contributed by atoms with Crippen molar-refractivity contribution in [1.82, 2.24) is 5.32 Å². The molecule has 2 nitrogen and oxygen atoms in total. The van der Waals surface area contributed by atoms with E-state index in [2.05, 4.69) is 19.2 Å². The molecule has 1 atom stereocenters. The zero-order valence-electron chi connectivity index (χ0n) is 9.25. The summed E-state index contributed by atoms with van der Waals surface area (Å²) in [6, 6.07) is 4.27. The zero-order valence-corrected chi connectivity index (χ0v) is 10.8. The van der Waals surface area contributed by atoms with Gasteiger partial charge in [0.15, 0.2) is 5.22 Å². The molecule has 1 heterocycles. The van der Waals surface area contributed by atoms with Crippen LogP contribution in [0.1, 0.15) is 26.0 Å². The Balaban J connectivity index is 2.10. The van der Waals surface area contributed by atoms with E-state index in [9.17, 15) is 0 Å². The number of hydrogen-bond acceptors (Lipinski definition) is 3. The highest BCUT2D eigenvalue weighted by atomic mass is 35.5. The predicted molar refractivity (Wildman–Crippen MR) is 67.6 cm³/mol. The van der Waals surface area contributed by atoms with E-state index in [1.54, 1.807) is 6.07 Å². The van der Waals surface area contributed by atoms with E-state index in [0.29, 0.717) is 11.3 Å². The van der Waals surface area contributed by atoms with Crippen molar-refractivity contribution in [1.29, 1.82) is 0 Å². The smallest absolute Gasteiger partial charge is 0.193 e. The molecule has 15 heavy (non-hydrogen) atoms. The first-order valence-corrected chi connectivity index (χ1v) is 6.81. The van der Waals surface area contributed by atoms with Gasteiger partial charge in [-0.1, -0.05) is 6.92 Å². The molecule has 0 bridgehead atoms. The Morgan fingerprint density at radius 2 is 2.33 bits per heavy atom. The van der Waals surface area contributed by atoms with Gasteiger partial charge >= 0.3 is 0 Å². The van der Waals surface area contributed by atoms with Crippen LogP contribution in [0, 0.1) is 0 Å². The predicted octanol–water partition coefficient (Wildman–Crippen LogP) is 3.55. The van der Waals surface area contributed by atoms with Crippen molar-refractivity contribution in [2.45, 2.75) is 32.1 Å². The lowest BCUT2D eigenvalue weighted by atomic mass is 10.3. The number of hydrogen-bond donors (Lipinski definition) is 1. The molecular formula is C11H18ClNOS. The summed E-state index contributed by atoms with van der Waals surface area (Å²) >= 11 is 7.55. The van der Waals surface area contributed by atoms with Crippen LogP contribution in [0.3, 0.4) is 0 Å². The molecule has 0 aliphatic rings. The third-order valence-electron chi connectivity index (χ3n) is 1.98. The molecule has 0 aliphatic heterocycles. The largest absolute Gasteiger partial charge is 0.449 e. The average molecular weight is 248 g/mol. The summed E-state index contributed by atoms with van der Waals surface area (Å²) in [5.41, 5.74) is 0. The van der Waals surface area contributed by atoms with Gasteiger partial charge in [0.05, 0.1) is 5.75 Å². The fourth-order valence-corrected chi connectivity index (χ4v) is 2.32. The first-order chi connectivity index (χ1) is 7.22. The molecule has 0 fully saturated rings. The molecule has 0 radical (unpaired) electrons. The highest BCUT2D eigenvalue weighted by Crippen LogP contribution is 2.18. The molecule has 86 valence electrons. The quantitative estimate of drug-likeness (QED) is 0.798. The minimum atomic E-state index is 0.475. The van der Waals surface area contributed by atoms with Gasteiger partial charge in [-0.05, 0) is 43.6 Å². The van der Waals surface area contributed by atoms with Gasteiger partial charge in [0.2, 0.25) is 0 Å². The molecule has 0 saturated heterocycles. The van der Waals surface area contributed by atoms with Crippen molar-refractivity contribution in [3.63, 3.8) is 0 Å². The summed E-state index contributed by atoms with van der Waals surface area (Å²) in [6.07, 6.45) is 1.18. The van der Waals surface area contributed by atoms with Gasteiger partial charge in [-0.25, -0.2) is 0 Å². The fraction of sp³-hybridized carbons (Fsp3) is 0.636. The summed E-state index contributed by atoms with van der Waals surface area (Å²) in [7, 11) is 0. The van der Waals surface area contributed by atoms with Gasteiger partial charge < -0.3 is 9.73 Å². The van der Waals surface area contributed by atoms with Crippen LogP contribution < -0.4 is 5.32 Å². The van der Waals surface area contributed by atoms with Gasteiger partial charge in [0, 0.05) is 11.8 Å².